The van der Waals surface area contributed by atoms with Crippen molar-refractivity contribution in [3.8, 4) is 5.75 Å². The topological polar surface area (TPSA) is 58.6 Å². The molecule has 2 N–H and O–H groups in total. The minimum absolute atomic E-state index is 0.223. The molecule has 0 aliphatic rings. The Morgan fingerprint density at radius 1 is 1.00 bits per heavy atom. The van der Waals surface area contributed by atoms with Crippen LogP contribution in [0.5, 0.6) is 5.75 Å². The number of amides is 1. The van der Waals surface area contributed by atoms with Gasteiger partial charge in [-0.25, -0.2) is 4.79 Å². The summed E-state index contributed by atoms with van der Waals surface area (Å²) in [4.78, 5) is 12.0. The second-order valence-electron chi connectivity index (χ2n) is 5.41. The Hall–Kier alpha value is -2.49. The first-order chi connectivity index (χ1) is 10.4. The van der Waals surface area contributed by atoms with E-state index in [-0.39, 0.29) is 12.4 Å². The SMILES string of the molecule is Cc1c(C)c(NC(=O)OCc2ccccc2)c(C)c(C)c1O. The normalized spacial score (nSPS) is 10.4. The first-order valence-electron chi connectivity index (χ1n) is 7.18. The lowest BCUT2D eigenvalue weighted by molar-refractivity contribution is 0.155. The molecule has 0 radical (unpaired) electrons. The van der Waals surface area contributed by atoms with Crippen molar-refractivity contribution >= 4 is 11.8 Å². The van der Waals surface area contributed by atoms with E-state index in [0.717, 1.165) is 27.8 Å². The predicted molar refractivity (Wildman–Crippen MR) is 87.3 cm³/mol. The third kappa shape index (κ3) is 3.22. The summed E-state index contributed by atoms with van der Waals surface area (Å²) in [6.07, 6.45) is -0.500. The van der Waals surface area contributed by atoms with E-state index in [2.05, 4.69) is 5.32 Å². The Bertz CT molecular complexity index is 664. The zero-order valence-corrected chi connectivity index (χ0v) is 13.4. The number of rotatable bonds is 3. The summed E-state index contributed by atoms with van der Waals surface area (Å²) in [6, 6.07) is 9.52. The van der Waals surface area contributed by atoms with Gasteiger partial charge >= 0.3 is 6.09 Å². The number of carbonyl (C=O) groups is 1. The van der Waals surface area contributed by atoms with Gasteiger partial charge in [0, 0.05) is 0 Å². The van der Waals surface area contributed by atoms with E-state index < -0.39 is 6.09 Å². The number of aromatic hydroxyl groups is 1. The van der Waals surface area contributed by atoms with Gasteiger partial charge in [-0.15, -0.1) is 0 Å². The standard InChI is InChI=1S/C18H21NO3/c1-11-13(3)17(20)14(4)12(2)16(11)19-18(21)22-10-15-8-6-5-7-9-15/h5-9,20H,10H2,1-4H3,(H,19,21). The number of nitrogens with one attached hydrogen (secondary N) is 1. The number of benzene rings is 2. The molecule has 22 heavy (non-hydrogen) atoms. The van der Waals surface area contributed by atoms with E-state index in [1.54, 1.807) is 0 Å². The van der Waals surface area contributed by atoms with Gasteiger partial charge in [0.1, 0.15) is 12.4 Å². The smallest absolute Gasteiger partial charge is 0.411 e. The molecule has 0 aliphatic carbocycles. The maximum atomic E-state index is 12.0. The Labute approximate surface area is 130 Å². The van der Waals surface area contributed by atoms with E-state index in [4.69, 9.17) is 4.74 Å². The molecule has 0 fully saturated rings. The van der Waals surface area contributed by atoms with E-state index in [0.29, 0.717) is 5.69 Å². The van der Waals surface area contributed by atoms with Gasteiger partial charge < -0.3 is 9.84 Å². The monoisotopic (exact) mass is 299 g/mol. The molecular formula is C18H21NO3. The minimum atomic E-state index is -0.500. The lowest BCUT2D eigenvalue weighted by atomic mass is 9.97. The van der Waals surface area contributed by atoms with Crippen LogP contribution in [-0.4, -0.2) is 11.2 Å². The van der Waals surface area contributed by atoms with Gasteiger partial charge in [-0.1, -0.05) is 30.3 Å². The molecule has 0 spiro atoms. The molecule has 0 bridgehead atoms. The number of phenolic OH excluding ortho intramolecular Hbond substituents is 1. The molecule has 4 nitrogen and oxygen atoms in total. The van der Waals surface area contributed by atoms with Crippen LogP contribution < -0.4 is 5.32 Å². The van der Waals surface area contributed by atoms with Gasteiger partial charge in [-0.05, 0) is 55.5 Å². The van der Waals surface area contributed by atoms with Gasteiger partial charge in [0.2, 0.25) is 0 Å². The molecule has 0 aliphatic heterocycles. The average Bonchev–Trinajstić information content (AvgIpc) is 2.54. The number of anilines is 1. The highest BCUT2D eigenvalue weighted by Crippen LogP contribution is 2.34. The van der Waals surface area contributed by atoms with Crippen LogP contribution in [0.15, 0.2) is 30.3 Å². The number of ether oxygens (including phenoxy) is 1. The highest BCUT2D eigenvalue weighted by molar-refractivity contribution is 5.88. The summed E-state index contributed by atoms with van der Waals surface area (Å²) >= 11 is 0. The second-order valence-corrected chi connectivity index (χ2v) is 5.41. The molecule has 116 valence electrons. The Balaban J connectivity index is 2.12. The maximum Gasteiger partial charge on any atom is 0.411 e. The third-order valence-corrected chi connectivity index (χ3v) is 4.03. The van der Waals surface area contributed by atoms with E-state index in [1.165, 1.54) is 0 Å². The fourth-order valence-electron chi connectivity index (χ4n) is 2.34. The number of carbonyl (C=O) groups excluding carboxylic acids is 1. The first-order valence-corrected chi connectivity index (χ1v) is 7.18. The molecule has 0 saturated heterocycles. The summed E-state index contributed by atoms with van der Waals surface area (Å²) in [7, 11) is 0. The van der Waals surface area contributed by atoms with Crippen molar-refractivity contribution in [1.82, 2.24) is 0 Å². The molecule has 2 aromatic carbocycles. The molecule has 2 aromatic rings. The maximum absolute atomic E-state index is 12.0. The third-order valence-electron chi connectivity index (χ3n) is 4.03. The second kappa shape index (κ2) is 6.52. The lowest BCUT2D eigenvalue weighted by Crippen LogP contribution is -2.16. The number of hydrogen-bond donors (Lipinski definition) is 2. The number of hydrogen-bond acceptors (Lipinski definition) is 3. The van der Waals surface area contributed by atoms with Crippen molar-refractivity contribution in [3.05, 3.63) is 58.1 Å². The summed E-state index contributed by atoms with van der Waals surface area (Å²) < 4.78 is 5.24. The molecule has 0 aromatic heterocycles. The van der Waals surface area contributed by atoms with Crippen molar-refractivity contribution in [2.75, 3.05) is 5.32 Å². The zero-order chi connectivity index (χ0) is 16.3. The van der Waals surface area contributed by atoms with Crippen LogP contribution in [0.3, 0.4) is 0 Å². The lowest BCUT2D eigenvalue weighted by Gasteiger charge is -2.18. The minimum Gasteiger partial charge on any atom is -0.507 e. The first kappa shape index (κ1) is 15.9. The Morgan fingerprint density at radius 3 is 2.09 bits per heavy atom. The van der Waals surface area contributed by atoms with Crippen LogP contribution in [-0.2, 0) is 11.3 Å². The molecule has 0 atom stereocenters. The summed E-state index contributed by atoms with van der Waals surface area (Å²) in [5.74, 6) is 0.276. The molecule has 4 heteroatoms. The molecule has 1 amide bonds. The van der Waals surface area contributed by atoms with Crippen LogP contribution >= 0.6 is 0 Å². The summed E-state index contributed by atoms with van der Waals surface area (Å²) in [5.41, 5.74) is 4.85. The van der Waals surface area contributed by atoms with Crippen molar-refractivity contribution in [1.29, 1.82) is 0 Å². The fraction of sp³-hybridized carbons (Fsp3) is 0.278. The van der Waals surface area contributed by atoms with Gasteiger partial charge in [0.25, 0.3) is 0 Å². The Kier molecular flexibility index (Phi) is 4.71. The van der Waals surface area contributed by atoms with Crippen LogP contribution in [0.4, 0.5) is 10.5 Å². The quantitative estimate of drug-likeness (QED) is 0.827. The van der Waals surface area contributed by atoms with Crippen molar-refractivity contribution in [3.63, 3.8) is 0 Å². The highest BCUT2D eigenvalue weighted by Gasteiger charge is 2.16. The average molecular weight is 299 g/mol. The largest absolute Gasteiger partial charge is 0.507 e. The molecule has 0 saturated carbocycles. The highest BCUT2D eigenvalue weighted by atomic mass is 16.5. The molecule has 0 unspecified atom stereocenters. The molecule has 2 rings (SSSR count). The zero-order valence-electron chi connectivity index (χ0n) is 13.4. The molecular weight excluding hydrogens is 278 g/mol. The molecule has 0 heterocycles. The van der Waals surface area contributed by atoms with Gasteiger partial charge in [0.05, 0.1) is 5.69 Å². The van der Waals surface area contributed by atoms with Crippen LogP contribution in [0.2, 0.25) is 0 Å². The summed E-state index contributed by atoms with van der Waals surface area (Å²) in [6.45, 7) is 7.62. The van der Waals surface area contributed by atoms with E-state index >= 15 is 0 Å². The van der Waals surface area contributed by atoms with Crippen LogP contribution in [0.25, 0.3) is 0 Å². The van der Waals surface area contributed by atoms with Crippen LogP contribution in [0, 0.1) is 27.7 Å². The van der Waals surface area contributed by atoms with Gasteiger partial charge in [0.15, 0.2) is 0 Å². The van der Waals surface area contributed by atoms with E-state index in [9.17, 15) is 9.90 Å². The predicted octanol–water partition coefficient (Wildman–Crippen LogP) is 4.37. The van der Waals surface area contributed by atoms with E-state index in [1.807, 2.05) is 58.0 Å². The number of phenols is 1. The fourth-order valence-corrected chi connectivity index (χ4v) is 2.34. The van der Waals surface area contributed by atoms with Crippen molar-refractivity contribution in [2.24, 2.45) is 0 Å². The van der Waals surface area contributed by atoms with Gasteiger partial charge in [-0.2, -0.15) is 0 Å². The van der Waals surface area contributed by atoms with Crippen molar-refractivity contribution in [2.45, 2.75) is 34.3 Å². The van der Waals surface area contributed by atoms with Crippen molar-refractivity contribution < 1.29 is 14.6 Å². The Morgan fingerprint density at radius 2 is 1.55 bits per heavy atom. The van der Waals surface area contributed by atoms with Gasteiger partial charge in [-0.3, -0.25) is 5.32 Å². The van der Waals surface area contributed by atoms with Crippen LogP contribution in [0.1, 0.15) is 27.8 Å². The summed E-state index contributed by atoms with van der Waals surface area (Å²) in [5, 5.41) is 12.8.